The summed E-state index contributed by atoms with van der Waals surface area (Å²) >= 11 is 0. The number of likely N-dealkylation sites (tertiary alicyclic amines) is 1. The summed E-state index contributed by atoms with van der Waals surface area (Å²) in [5.41, 5.74) is 8.28. The van der Waals surface area contributed by atoms with Gasteiger partial charge in [-0.25, -0.2) is 0 Å². The van der Waals surface area contributed by atoms with Gasteiger partial charge < -0.3 is 10.6 Å². The van der Waals surface area contributed by atoms with E-state index in [1.54, 1.807) is 0 Å². The normalized spacial score (nSPS) is 21.2. The fourth-order valence-corrected chi connectivity index (χ4v) is 2.66. The number of aryl methyl sites for hydroxylation is 1. The van der Waals surface area contributed by atoms with E-state index in [1.165, 1.54) is 5.56 Å². The van der Waals surface area contributed by atoms with Gasteiger partial charge in [0.25, 0.3) is 0 Å². The minimum absolute atomic E-state index is 0.176. The second kappa shape index (κ2) is 6.20. The standard InChI is InChI=1S/C16H24N2O/c1-12-5-7-14(8-6-12)10-16(19)18-9-3-4-15(11-18)13(2)17/h5-8,13,15H,3-4,9-11,17H2,1-2H3/t13-,15+/m0/s1. The van der Waals surface area contributed by atoms with E-state index in [1.807, 2.05) is 24.0 Å². The van der Waals surface area contributed by atoms with E-state index < -0.39 is 0 Å². The number of piperidine rings is 1. The van der Waals surface area contributed by atoms with Crippen molar-refractivity contribution in [2.75, 3.05) is 13.1 Å². The predicted molar refractivity (Wildman–Crippen MR) is 77.8 cm³/mol. The summed E-state index contributed by atoms with van der Waals surface area (Å²) in [6.45, 7) is 5.80. The fraction of sp³-hybridized carbons (Fsp3) is 0.562. The number of benzene rings is 1. The van der Waals surface area contributed by atoms with Crippen molar-refractivity contribution in [3.05, 3.63) is 35.4 Å². The summed E-state index contributed by atoms with van der Waals surface area (Å²) in [6, 6.07) is 8.38. The lowest BCUT2D eigenvalue weighted by atomic mass is 9.92. The van der Waals surface area contributed by atoms with Crippen LogP contribution in [0.3, 0.4) is 0 Å². The van der Waals surface area contributed by atoms with Gasteiger partial charge in [0.05, 0.1) is 6.42 Å². The molecule has 0 saturated carbocycles. The molecule has 2 N–H and O–H groups in total. The minimum atomic E-state index is 0.176. The van der Waals surface area contributed by atoms with Gasteiger partial charge in [-0.05, 0) is 38.2 Å². The van der Waals surface area contributed by atoms with Crippen molar-refractivity contribution in [2.45, 2.75) is 39.2 Å². The molecule has 3 nitrogen and oxygen atoms in total. The van der Waals surface area contributed by atoms with Crippen LogP contribution in [-0.2, 0) is 11.2 Å². The summed E-state index contributed by atoms with van der Waals surface area (Å²) in [5.74, 6) is 0.685. The van der Waals surface area contributed by atoms with Gasteiger partial charge in [0.15, 0.2) is 0 Å². The van der Waals surface area contributed by atoms with Gasteiger partial charge in [0.2, 0.25) is 5.91 Å². The highest BCUT2D eigenvalue weighted by Crippen LogP contribution is 2.19. The average molecular weight is 260 g/mol. The van der Waals surface area contributed by atoms with Gasteiger partial charge in [-0.2, -0.15) is 0 Å². The highest BCUT2D eigenvalue weighted by atomic mass is 16.2. The number of carbonyl (C=O) groups excluding carboxylic acids is 1. The van der Waals surface area contributed by atoms with E-state index in [4.69, 9.17) is 5.73 Å². The molecule has 0 bridgehead atoms. The third kappa shape index (κ3) is 3.80. The molecule has 1 aliphatic heterocycles. The highest BCUT2D eigenvalue weighted by molar-refractivity contribution is 5.78. The van der Waals surface area contributed by atoms with Crippen molar-refractivity contribution in [1.82, 2.24) is 4.90 Å². The summed E-state index contributed by atoms with van der Waals surface area (Å²) in [4.78, 5) is 14.3. The number of hydrogen-bond acceptors (Lipinski definition) is 2. The van der Waals surface area contributed by atoms with Gasteiger partial charge in [-0.3, -0.25) is 4.79 Å². The van der Waals surface area contributed by atoms with Crippen molar-refractivity contribution >= 4 is 5.91 Å². The second-order valence-electron chi connectivity index (χ2n) is 5.76. The third-order valence-electron chi connectivity index (χ3n) is 4.03. The lowest BCUT2D eigenvalue weighted by Gasteiger charge is -2.34. The Morgan fingerprint density at radius 2 is 2.11 bits per heavy atom. The van der Waals surface area contributed by atoms with Crippen molar-refractivity contribution < 1.29 is 4.79 Å². The van der Waals surface area contributed by atoms with Crippen LogP contribution in [0.25, 0.3) is 0 Å². The van der Waals surface area contributed by atoms with E-state index in [0.29, 0.717) is 12.3 Å². The number of carbonyl (C=O) groups is 1. The van der Waals surface area contributed by atoms with E-state index in [-0.39, 0.29) is 11.9 Å². The smallest absolute Gasteiger partial charge is 0.226 e. The number of rotatable bonds is 3. The Bertz CT molecular complexity index is 425. The molecule has 0 spiro atoms. The zero-order valence-electron chi connectivity index (χ0n) is 11.9. The number of nitrogens with zero attached hydrogens (tertiary/aromatic N) is 1. The molecule has 1 fully saturated rings. The zero-order chi connectivity index (χ0) is 13.8. The molecule has 2 rings (SSSR count). The van der Waals surface area contributed by atoms with Crippen LogP contribution < -0.4 is 5.73 Å². The van der Waals surface area contributed by atoms with Gasteiger partial charge in [0.1, 0.15) is 0 Å². The molecule has 0 unspecified atom stereocenters. The van der Waals surface area contributed by atoms with Gasteiger partial charge >= 0.3 is 0 Å². The van der Waals surface area contributed by atoms with E-state index >= 15 is 0 Å². The Labute approximate surface area is 115 Å². The summed E-state index contributed by atoms with van der Waals surface area (Å²) in [6.07, 6.45) is 2.73. The monoisotopic (exact) mass is 260 g/mol. The van der Waals surface area contributed by atoms with Gasteiger partial charge in [-0.15, -0.1) is 0 Å². The molecule has 19 heavy (non-hydrogen) atoms. The quantitative estimate of drug-likeness (QED) is 0.905. The van der Waals surface area contributed by atoms with Crippen molar-refractivity contribution in [3.63, 3.8) is 0 Å². The molecule has 2 atom stereocenters. The topological polar surface area (TPSA) is 46.3 Å². The van der Waals surface area contributed by atoms with Crippen molar-refractivity contribution in [1.29, 1.82) is 0 Å². The Morgan fingerprint density at radius 1 is 1.42 bits per heavy atom. The van der Waals surface area contributed by atoms with Crippen molar-refractivity contribution in [2.24, 2.45) is 11.7 Å². The Morgan fingerprint density at radius 3 is 2.74 bits per heavy atom. The third-order valence-corrected chi connectivity index (χ3v) is 4.03. The van der Waals surface area contributed by atoms with Crippen LogP contribution in [0.1, 0.15) is 30.9 Å². The largest absolute Gasteiger partial charge is 0.342 e. The molecule has 1 aliphatic rings. The van der Waals surface area contributed by atoms with Crippen molar-refractivity contribution in [3.8, 4) is 0 Å². The first-order valence-electron chi connectivity index (χ1n) is 7.15. The maximum Gasteiger partial charge on any atom is 0.226 e. The molecule has 1 heterocycles. The molecule has 0 aliphatic carbocycles. The summed E-state index contributed by atoms with van der Waals surface area (Å²) in [7, 11) is 0. The predicted octanol–water partition coefficient (Wildman–Crippen LogP) is 2.12. The molecular formula is C16H24N2O. The maximum absolute atomic E-state index is 12.3. The lowest BCUT2D eigenvalue weighted by Crippen LogP contribution is -2.45. The van der Waals surface area contributed by atoms with Gasteiger partial charge in [-0.1, -0.05) is 29.8 Å². The number of nitrogens with two attached hydrogens (primary N) is 1. The first-order valence-corrected chi connectivity index (χ1v) is 7.15. The molecule has 1 saturated heterocycles. The molecule has 0 aromatic heterocycles. The molecular weight excluding hydrogens is 236 g/mol. The average Bonchev–Trinajstić information content (AvgIpc) is 2.41. The Hall–Kier alpha value is -1.35. The van der Waals surface area contributed by atoms with Crippen LogP contribution in [0.4, 0.5) is 0 Å². The first kappa shape index (κ1) is 14.1. The van der Waals surface area contributed by atoms with Crippen LogP contribution in [0.15, 0.2) is 24.3 Å². The maximum atomic E-state index is 12.3. The Kier molecular flexibility index (Phi) is 4.59. The number of hydrogen-bond donors (Lipinski definition) is 1. The minimum Gasteiger partial charge on any atom is -0.342 e. The number of amides is 1. The molecule has 1 aromatic carbocycles. The SMILES string of the molecule is Cc1ccc(CC(=O)N2CCC[C@@H]([C@H](C)N)C2)cc1. The van der Waals surface area contributed by atoms with Crippen LogP contribution in [0.2, 0.25) is 0 Å². The molecule has 1 aromatic rings. The van der Waals surface area contributed by atoms with E-state index in [9.17, 15) is 4.79 Å². The summed E-state index contributed by atoms with van der Waals surface area (Å²) in [5, 5.41) is 0. The molecule has 1 amide bonds. The van der Waals surface area contributed by atoms with Crippen LogP contribution in [0.5, 0.6) is 0 Å². The fourth-order valence-electron chi connectivity index (χ4n) is 2.66. The second-order valence-corrected chi connectivity index (χ2v) is 5.76. The van der Waals surface area contributed by atoms with E-state index in [0.717, 1.165) is 31.5 Å². The molecule has 3 heteroatoms. The van der Waals surface area contributed by atoms with Crippen LogP contribution in [0, 0.1) is 12.8 Å². The van der Waals surface area contributed by atoms with Crippen LogP contribution in [-0.4, -0.2) is 29.9 Å². The molecule has 0 radical (unpaired) electrons. The lowest BCUT2D eigenvalue weighted by molar-refractivity contribution is -0.132. The van der Waals surface area contributed by atoms with Gasteiger partial charge in [0, 0.05) is 19.1 Å². The molecule has 104 valence electrons. The van der Waals surface area contributed by atoms with E-state index in [2.05, 4.69) is 19.1 Å². The Balaban J connectivity index is 1.94. The zero-order valence-corrected chi connectivity index (χ0v) is 11.9. The highest BCUT2D eigenvalue weighted by Gasteiger charge is 2.25. The first-order chi connectivity index (χ1) is 9.06. The summed E-state index contributed by atoms with van der Waals surface area (Å²) < 4.78 is 0. The van der Waals surface area contributed by atoms with Crippen LogP contribution >= 0.6 is 0 Å².